The molecular formula is C27H35N3O5S. The molecule has 2 N–H and O–H groups in total. The van der Waals surface area contributed by atoms with E-state index in [-0.39, 0.29) is 22.8 Å². The molecule has 0 radical (unpaired) electrons. The van der Waals surface area contributed by atoms with Gasteiger partial charge in [-0.3, -0.25) is 9.59 Å². The van der Waals surface area contributed by atoms with Gasteiger partial charge in [0.25, 0.3) is 5.91 Å². The van der Waals surface area contributed by atoms with Crippen LogP contribution in [-0.2, 0) is 21.2 Å². The van der Waals surface area contributed by atoms with Gasteiger partial charge in [0, 0.05) is 23.7 Å². The number of ether oxygens (including phenoxy) is 1. The van der Waals surface area contributed by atoms with E-state index >= 15 is 0 Å². The number of sulfonamides is 1. The third-order valence-electron chi connectivity index (χ3n) is 6.64. The minimum atomic E-state index is -3.92. The molecular weight excluding hydrogens is 478 g/mol. The SMILES string of the molecule is C=CC(=O)NC1CC(C)(C)N(S(=O)(=O)c2ccc(C(=O)NCCc3ccc(OC)cc3)cc2)C1(C)C. The lowest BCUT2D eigenvalue weighted by Crippen LogP contribution is -2.56. The van der Waals surface area contributed by atoms with Gasteiger partial charge in [0.1, 0.15) is 5.75 Å². The lowest BCUT2D eigenvalue weighted by molar-refractivity contribution is -0.117. The molecule has 0 bridgehead atoms. The molecule has 0 aromatic heterocycles. The first-order valence-electron chi connectivity index (χ1n) is 11.8. The fourth-order valence-corrected chi connectivity index (χ4v) is 7.11. The summed E-state index contributed by atoms with van der Waals surface area (Å²) in [5.74, 6) is 0.155. The number of rotatable bonds is 9. The Morgan fingerprint density at radius 2 is 1.69 bits per heavy atom. The molecule has 9 heteroatoms. The van der Waals surface area contributed by atoms with Crippen molar-refractivity contribution >= 4 is 21.8 Å². The normalized spacial score (nSPS) is 18.9. The number of hydrogen-bond acceptors (Lipinski definition) is 5. The zero-order valence-electron chi connectivity index (χ0n) is 21.5. The van der Waals surface area contributed by atoms with Crippen LogP contribution in [0.3, 0.4) is 0 Å². The first kappa shape index (κ1) is 27.4. The van der Waals surface area contributed by atoms with Gasteiger partial charge < -0.3 is 15.4 Å². The fourth-order valence-electron chi connectivity index (χ4n) is 4.95. The largest absolute Gasteiger partial charge is 0.497 e. The number of nitrogens with zero attached hydrogens (tertiary/aromatic N) is 1. The quantitative estimate of drug-likeness (QED) is 0.501. The highest BCUT2D eigenvalue weighted by molar-refractivity contribution is 7.89. The van der Waals surface area contributed by atoms with E-state index in [0.29, 0.717) is 24.9 Å². The molecule has 0 aliphatic carbocycles. The molecule has 1 atom stereocenters. The Morgan fingerprint density at radius 1 is 1.08 bits per heavy atom. The summed E-state index contributed by atoms with van der Waals surface area (Å²) in [4.78, 5) is 24.6. The van der Waals surface area contributed by atoms with Gasteiger partial charge in [-0.1, -0.05) is 18.7 Å². The van der Waals surface area contributed by atoms with Crippen LogP contribution < -0.4 is 15.4 Å². The topological polar surface area (TPSA) is 105 Å². The van der Waals surface area contributed by atoms with Crippen molar-refractivity contribution in [2.45, 2.75) is 62.6 Å². The van der Waals surface area contributed by atoms with Gasteiger partial charge in [-0.15, -0.1) is 0 Å². The van der Waals surface area contributed by atoms with Crippen molar-refractivity contribution < 1.29 is 22.7 Å². The smallest absolute Gasteiger partial charge is 0.251 e. The van der Waals surface area contributed by atoms with Gasteiger partial charge >= 0.3 is 0 Å². The van der Waals surface area contributed by atoms with E-state index in [9.17, 15) is 18.0 Å². The van der Waals surface area contributed by atoms with Gasteiger partial charge in [-0.05, 0) is 88.6 Å². The summed E-state index contributed by atoms with van der Waals surface area (Å²) in [5, 5.41) is 5.73. The zero-order chi connectivity index (χ0) is 26.7. The molecule has 0 saturated carbocycles. The van der Waals surface area contributed by atoms with Crippen molar-refractivity contribution in [1.29, 1.82) is 0 Å². The molecule has 1 aliphatic rings. The Hall–Kier alpha value is -3.17. The molecule has 2 aromatic carbocycles. The Balaban J connectivity index is 1.71. The van der Waals surface area contributed by atoms with Crippen molar-refractivity contribution in [2.75, 3.05) is 13.7 Å². The van der Waals surface area contributed by atoms with Gasteiger partial charge in [-0.2, -0.15) is 4.31 Å². The highest BCUT2D eigenvalue weighted by Gasteiger charge is 2.57. The third kappa shape index (κ3) is 5.63. The van der Waals surface area contributed by atoms with Gasteiger partial charge in [0.15, 0.2) is 0 Å². The highest BCUT2D eigenvalue weighted by atomic mass is 32.2. The predicted molar refractivity (Wildman–Crippen MR) is 139 cm³/mol. The van der Waals surface area contributed by atoms with Crippen LogP contribution in [0.25, 0.3) is 0 Å². The average molecular weight is 514 g/mol. The maximum atomic E-state index is 13.7. The zero-order valence-corrected chi connectivity index (χ0v) is 22.3. The third-order valence-corrected chi connectivity index (χ3v) is 8.96. The molecule has 0 spiro atoms. The van der Waals surface area contributed by atoms with E-state index < -0.39 is 21.1 Å². The van der Waals surface area contributed by atoms with Crippen LogP contribution >= 0.6 is 0 Å². The first-order valence-corrected chi connectivity index (χ1v) is 13.3. The van der Waals surface area contributed by atoms with Crippen LogP contribution in [0.5, 0.6) is 5.75 Å². The standard InChI is InChI=1S/C27H35N3O5S/c1-7-24(31)29-23-18-26(2,3)30(27(23,4)5)36(33,34)22-14-10-20(11-15-22)25(32)28-17-16-19-8-12-21(35-6)13-9-19/h7-15,23H,1,16-18H2,2-6H3,(H,28,32)(H,29,31). The van der Waals surface area contributed by atoms with Crippen molar-refractivity contribution in [3.8, 4) is 5.75 Å². The molecule has 1 saturated heterocycles. The second kappa shape index (κ2) is 10.4. The molecule has 2 amide bonds. The molecule has 1 heterocycles. The molecule has 1 fully saturated rings. The van der Waals surface area contributed by atoms with Crippen molar-refractivity contribution in [1.82, 2.24) is 14.9 Å². The van der Waals surface area contributed by atoms with Gasteiger partial charge in [0.05, 0.1) is 17.5 Å². The van der Waals surface area contributed by atoms with E-state index in [4.69, 9.17) is 4.74 Å². The Kier molecular flexibility index (Phi) is 7.95. The number of nitrogens with one attached hydrogen (secondary N) is 2. The maximum absolute atomic E-state index is 13.7. The second-order valence-corrected chi connectivity index (χ2v) is 11.9. The molecule has 2 aromatic rings. The van der Waals surface area contributed by atoms with Crippen molar-refractivity contribution in [3.05, 3.63) is 72.3 Å². The molecule has 1 unspecified atom stereocenters. The maximum Gasteiger partial charge on any atom is 0.251 e. The molecule has 194 valence electrons. The van der Waals surface area contributed by atoms with Crippen LogP contribution in [0.1, 0.15) is 50.0 Å². The van der Waals surface area contributed by atoms with Crippen molar-refractivity contribution in [3.63, 3.8) is 0 Å². The van der Waals surface area contributed by atoms with Crippen LogP contribution in [0.15, 0.2) is 66.1 Å². The summed E-state index contributed by atoms with van der Waals surface area (Å²) in [6.45, 7) is 11.2. The summed E-state index contributed by atoms with van der Waals surface area (Å²) in [6, 6.07) is 13.2. The van der Waals surface area contributed by atoms with Crippen LogP contribution in [0.4, 0.5) is 0 Å². The Morgan fingerprint density at radius 3 is 2.25 bits per heavy atom. The number of hydrogen-bond donors (Lipinski definition) is 2. The van der Waals surface area contributed by atoms with Crippen LogP contribution in [0.2, 0.25) is 0 Å². The molecule has 1 aliphatic heterocycles. The van der Waals surface area contributed by atoms with E-state index in [1.807, 2.05) is 38.1 Å². The predicted octanol–water partition coefficient (Wildman–Crippen LogP) is 3.29. The van der Waals surface area contributed by atoms with E-state index in [0.717, 1.165) is 11.3 Å². The van der Waals surface area contributed by atoms with Gasteiger partial charge in [-0.25, -0.2) is 8.42 Å². The van der Waals surface area contributed by atoms with Gasteiger partial charge in [0.2, 0.25) is 15.9 Å². The lowest BCUT2D eigenvalue weighted by atomic mass is 9.94. The highest BCUT2D eigenvalue weighted by Crippen LogP contribution is 2.44. The van der Waals surface area contributed by atoms with E-state index in [2.05, 4.69) is 17.2 Å². The average Bonchev–Trinajstić information content (AvgIpc) is 3.02. The summed E-state index contributed by atoms with van der Waals surface area (Å²) in [5.41, 5.74) is -0.173. The second-order valence-electron chi connectivity index (χ2n) is 10.1. The first-order chi connectivity index (χ1) is 16.8. The number of methoxy groups -OCH3 is 1. The monoisotopic (exact) mass is 513 g/mol. The molecule has 36 heavy (non-hydrogen) atoms. The van der Waals surface area contributed by atoms with Crippen LogP contribution in [0, 0.1) is 0 Å². The number of amides is 2. The Labute approximate surface area is 213 Å². The number of carbonyl (C=O) groups is 2. The number of benzene rings is 2. The Bertz CT molecular complexity index is 1220. The van der Waals surface area contributed by atoms with E-state index in [1.165, 1.54) is 34.6 Å². The molecule has 3 rings (SSSR count). The van der Waals surface area contributed by atoms with E-state index in [1.54, 1.807) is 21.0 Å². The summed E-state index contributed by atoms with van der Waals surface area (Å²) in [7, 11) is -2.31. The summed E-state index contributed by atoms with van der Waals surface area (Å²) in [6.07, 6.45) is 2.29. The minimum absolute atomic E-state index is 0.0918. The van der Waals surface area contributed by atoms with Crippen LogP contribution in [-0.4, -0.2) is 55.3 Å². The number of carbonyl (C=O) groups excluding carboxylic acids is 2. The minimum Gasteiger partial charge on any atom is -0.497 e. The van der Waals surface area contributed by atoms with Crippen molar-refractivity contribution in [2.24, 2.45) is 0 Å². The molecule has 8 nitrogen and oxygen atoms in total. The summed E-state index contributed by atoms with van der Waals surface area (Å²) >= 11 is 0. The fraction of sp³-hybridized carbons (Fsp3) is 0.407. The summed E-state index contributed by atoms with van der Waals surface area (Å²) < 4.78 is 34.0. The lowest BCUT2D eigenvalue weighted by Gasteiger charge is -2.40.